The monoisotopic (exact) mass is 444 g/mol. The molecule has 3 aromatic rings. The summed E-state index contributed by atoms with van der Waals surface area (Å²) < 4.78 is 8.43. The first kappa shape index (κ1) is 18.7. The van der Waals surface area contributed by atoms with Gasteiger partial charge in [-0.1, -0.05) is 0 Å². The summed E-state index contributed by atoms with van der Waals surface area (Å²) in [4.78, 5) is 16.9. The fourth-order valence-corrected chi connectivity index (χ4v) is 3.56. The summed E-state index contributed by atoms with van der Waals surface area (Å²) in [6.45, 7) is 5.28. The van der Waals surface area contributed by atoms with Crippen LogP contribution in [-0.2, 0) is 6.54 Å². The summed E-state index contributed by atoms with van der Waals surface area (Å²) in [6, 6.07) is 7.50. The second kappa shape index (κ2) is 8.14. The summed E-state index contributed by atoms with van der Waals surface area (Å²) in [5.74, 6) is 1.84. The Labute approximate surface area is 171 Å². The molecule has 146 valence electrons. The molecule has 1 aliphatic rings. The summed E-state index contributed by atoms with van der Waals surface area (Å²) in [5, 5.41) is 12.6. The van der Waals surface area contributed by atoms with Gasteiger partial charge in [0.2, 0.25) is 0 Å². The summed E-state index contributed by atoms with van der Waals surface area (Å²) in [7, 11) is 0. The minimum absolute atomic E-state index is 0.0789. The van der Waals surface area contributed by atoms with Crippen molar-refractivity contribution in [1.29, 1.82) is 0 Å². The average molecular weight is 445 g/mol. The SMILES string of the molecule is Cc1ccc(N2CCCN(C(=O)c3ccc(Cn4cc(Br)cn4)o3)CC2)nn1. The molecule has 9 heteroatoms. The van der Waals surface area contributed by atoms with Crippen molar-refractivity contribution in [3.8, 4) is 0 Å². The Hall–Kier alpha value is -2.68. The fraction of sp³-hybridized carbons (Fsp3) is 0.368. The number of aromatic nitrogens is 4. The molecule has 28 heavy (non-hydrogen) atoms. The topological polar surface area (TPSA) is 80.3 Å². The van der Waals surface area contributed by atoms with Crippen molar-refractivity contribution in [2.45, 2.75) is 19.9 Å². The zero-order valence-corrected chi connectivity index (χ0v) is 17.2. The van der Waals surface area contributed by atoms with E-state index in [1.165, 1.54) is 0 Å². The molecule has 0 spiro atoms. The number of amides is 1. The minimum Gasteiger partial charge on any atom is -0.454 e. The van der Waals surface area contributed by atoms with E-state index in [1.807, 2.05) is 36.2 Å². The number of aryl methyl sites for hydroxylation is 1. The molecule has 0 unspecified atom stereocenters. The molecule has 1 saturated heterocycles. The quantitative estimate of drug-likeness (QED) is 0.615. The third-order valence-corrected chi connectivity index (χ3v) is 5.09. The third-order valence-electron chi connectivity index (χ3n) is 4.68. The first-order valence-corrected chi connectivity index (χ1v) is 9.99. The van der Waals surface area contributed by atoms with E-state index in [0.29, 0.717) is 31.2 Å². The standard InChI is InChI=1S/C19H21BrN6O2/c1-14-3-6-18(23-22-14)24-7-2-8-25(10-9-24)19(27)17-5-4-16(28-17)13-26-12-15(20)11-21-26/h3-6,11-12H,2,7-10,13H2,1H3. The van der Waals surface area contributed by atoms with Crippen LogP contribution in [0.25, 0.3) is 0 Å². The van der Waals surface area contributed by atoms with Gasteiger partial charge in [0.15, 0.2) is 11.6 Å². The maximum absolute atomic E-state index is 12.9. The number of furan rings is 1. The molecule has 3 aromatic heterocycles. The smallest absolute Gasteiger partial charge is 0.289 e. The molecule has 4 rings (SSSR count). The number of rotatable bonds is 4. The first-order valence-electron chi connectivity index (χ1n) is 9.20. The predicted molar refractivity (Wildman–Crippen MR) is 107 cm³/mol. The number of carbonyl (C=O) groups is 1. The third kappa shape index (κ3) is 4.24. The minimum atomic E-state index is -0.0789. The van der Waals surface area contributed by atoms with Crippen molar-refractivity contribution < 1.29 is 9.21 Å². The molecule has 0 atom stereocenters. The van der Waals surface area contributed by atoms with Crippen molar-refractivity contribution in [2.24, 2.45) is 0 Å². The largest absolute Gasteiger partial charge is 0.454 e. The lowest BCUT2D eigenvalue weighted by atomic mass is 10.3. The number of anilines is 1. The van der Waals surface area contributed by atoms with Gasteiger partial charge in [-0.05, 0) is 53.5 Å². The summed E-state index contributed by atoms with van der Waals surface area (Å²) >= 11 is 3.37. The Morgan fingerprint density at radius 1 is 1.14 bits per heavy atom. The van der Waals surface area contributed by atoms with Crippen LogP contribution in [0.2, 0.25) is 0 Å². The molecule has 0 saturated carbocycles. The summed E-state index contributed by atoms with van der Waals surface area (Å²) in [5.41, 5.74) is 0.895. The van der Waals surface area contributed by atoms with Gasteiger partial charge in [0.05, 0.1) is 22.9 Å². The predicted octanol–water partition coefficient (Wildman–Crippen LogP) is 2.74. The lowest BCUT2D eigenvalue weighted by molar-refractivity contribution is 0.0733. The van der Waals surface area contributed by atoms with Crippen molar-refractivity contribution in [3.05, 3.63) is 58.3 Å². The van der Waals surface area contributed by atoms with E-state index in [0.717, 1.165) is 35.5 Å². The molecule has 8 nitrogen and oxygen atoms in total. The van der Waals surface area contributed by atoms with Gasteiger partial charge in [-0.25, -0.2) is 0 Å². The second-order valence-corrected chi connectivity index (χ2v) is 7.70. The van der Waals surface area contributed by atoms with Crippen LogP contribution in [0.5, 0.6) is 0 Å². The highest BCUT2D eigenvalue weighted by atomic mass is 79.9. The van der Waals surface area contributed by atoms with Crippen LogP contribution >= 0.6 is 15.9 Å². The van der Waals surface area contributed by atoms with Crippen molar-refractivity contribution in [2.75, 3.05) is 31.1 Å². The van der Waals surface area contributed by atoms with Crippen LogP contribution in [0.3, 0.4) is 0 Å². The molecular weight excluding hydrogens is 424 g/mol. The number of hydrogen-bond donors (Lipinski definition) is 0. The van der Waals surface area contributed by atoms with Crippen molar-refractivity contribution in [1.82, 2.24) is 24.9 Å². The molecule has 0 aromatic carbocycles. The molecule has 0 radical (unpaired) electrons. The van der Waals surface area contributed by atoms with Gasteiger partial charge < -0.3 is 14.2 Å². The van der Waals surface area contributed by atoms with E-state index in [1.54, 1.807) is 16.9 Å². The first-order chi connectivity index (χ1) is 13.6. The van der Waals surface area contributed by atoms with Crippen LogP contribution in [0.1, 0.15) is 28.4 Å². The lowest BCUT2D eigenvalue weighted by Crippen LogP contribution is -2.35. The van der Waals surface area contributed by atoms with Gasteiger partial charge in [-0.3, -0.25) is 9.48 Å². The molecule has 4 heterocycles. The van der Waals surface area contributed by atoms with Crippen molar-refractivity contribution in [3.63, 3.8) is 0 Å². The Balaban J connectivity index is 1.39. The normalized spacial score (nSPS) is 14.9. The van der Waals surface area contributed by atoms with E-state index in [-0.39, 0.29) is 5.91 Å². The molecule has 0 aliphatic carbocycles. The molecule has 1 aliphatic heterocycles. The van der Waals surface area contributed by atoms with E-state index in [2.05, 4.69) is 36.1 Å². The Kier molecular flexibility index (Phi) is 5.43. The van der Waals surface area contributed by atoms with Gasteiger partial charge in [-0.2, -0.15) is 10.2 Å². The Morgan fingerprint density at radius 2 is 2.04 bits per heavy atom. The second-order valence-electron chi connectivity index (χ2n) is 6.79. The van der Waals surface area contributed by atoms with E-state index in [4.69, 9.17) is 4.42 Å². The highest BCUT2D eigenvalue weighted by Gasteiger charge is 2.23. The van der Waals surface area contributed by atoms with E-state index >= 15 is 0 Å². The van der Waals surface area contributed by atoms with Gasteiger partial charge in [-0.15, -0.1) is 5.10 Å². The van der Waals surface area contributed by atoms with Crippen LogP contribution in [-0.4, -0.2) is 57.0 Å². The molecule has 1 fully saturated rings. The molecule has 0 bridgehead atoms. The van der Waals surface area contributed by atoms with Crippen LogP contribution < -0.4 is 4.90 Å². The van der Waals surface area contributed by atoms with Crippen molar-refractivity contribution >= 4 is 27.7 Å². The highest BCUT2D eigenvalue weighted by molar-refractivity contribution is 9.10. The number of nitrogens with zero attached hydrogens (tertiary/aromatic N) is 6. The number of halogens is 1. The van der Waals surface area contributed by atoms with Gasteiger partial charge >= 0.3 is 0 Å². The van der Waals surface area contributed by atoms with Gasteiger partial charge in [0.1, 0.15) is 5.76 Å². The van der Waals surface area contributed by atoms with E-state index in [9.17, 15) is 4.79 Å². The van der Waals surface area contributed by atoms with Crippen LogP contribution in [0.4, 0.5) is 5.82 Å². The Bertz CT molecular complexity index is 952. The zero-order chi connectivity index (χ0) is 19.5. The zero-order valence-electron chi connectivity index (χ0n) is 15.6. The van der Waals surface area contributed by atoms with Gasteiger partial charge in [0, 0.05) is 32.4 Å². The van der Waals surface area contributed by atoms with Gasteiger partial charge in [0.25, 0.3) is 5.91 Å². The molecule has 1 amide bonds. The average Bonchev–Trinajstić information content (AvgIpc) is 3.24. The fourth-order valence-electron chi connectivity index (χ4n) is 3.23. The Morgan fingerprint density at radius 3 is 2.79 bits per heavy atom. The maximum Gasteiger partial charge on any atom is 0.289 e. The lowest BCUT2D eigenvalue weighted by Gasteiger charge is -2.22. The molecule has 0 N–H and O–H groups in total. The molecular formula is C19H21BrN6O2. The van der Waals surface area contributed by atoms with E-state index < -0.39 is 0 Å². The summed E-state index contributed by atoms with van der Waals surface area (Å²) in [6.07, 6.45) is 4.45. The number of hydrogen-bond acceptors (Lipinski definition) is 6. The number of carbonyl (C=O) groups excluding carboxylic acids is 1. The highest BCUT2D eigenvalue weighted by Crippen LogP contribution is 2.17. The van der Waals surface area contributed by atoms with Crippen LogP contribution in [0.15, 0.2) is 45.5 Å². The maximum atomic E-state index is 12.9. The van der Waals surface area contributed by atoms with Crippen LogP contribution in [0, 0.1) is 6.92 Å².